The second kappa shape index (κ2) is 18.1. The van der Waals surface area contributed by atoms with E-state index in [0.29, 0.717) is 0 Å². The summed E-state index contributed by atoms with van der Waals surface area (Å²) in [6.45, 7) is 4.39. The maximum Gasteiger partial charge on any atom is 0.0652 e. The average molecular weight is 750 g/mol. The van der Waals surface area contributed by atoms with E-state index in [9.17, 15) is 0 Å². The van der Waals surface area contributed by atoms with Crippen molar-refractivity contribution in [3.05, 3.63) is 234 Å². The molecule has 8 aromatic carbocycles. The second-order valence-electron chi connectivity index (χ2n) is 14.3. The third-order valence-electron chi connectivity index (χ3n) is 10.5. The molecule has 0 aliphatic rings. The molecule has 0 unspecified atom stereocenters. The van der Waals surface area contributed by atoms with E-state index in [-0.39, 0.29) is 0 Å². The van der Waals surface area contributed by atoms with Crippen LogP contribution in [0.2, 0.25) is 0 Å². The van der Waals surface area contributed by atoms with Crippen LogP contribution in [0, 0.1) is 0 Å². The van der Waals surface area contributed by atoms with Gasteiger partial charge in [0.15, 0.2) is 0 Å². The molecule has 0 bridgehead atoms. The number of hydrogen-bond donors (Lipinski definition) is 0. The van der Waals surface area contributed by atoms with E-state index in [2.05, 4.69) is 201 Å². The Bertz CT molecular complexity index is 2430. The van der Waals surface area contributed by atoms with Crippen LogP contribution in [0.5, 0.6) is 0 Å². The summed E-state index contributed by atoms with van der Waals surface area (Å²) in [5, 5.41) is 6.82. The summed E-state index contributed by atoms with van der Waals surface area (Å²) in [7, 11) is 0. The lowest BCUT2D eigenvalue weighted by molar-refractivity contribution is 1.09. The highest BCUT2D eigenvalue weighted by molar-refractivity contribution is 5.84. The monoisotopic (exact) mass is 749 g/mol. The van der Waals surface area contributed by atoms with Crippen LogP contribution in [0.15, 0.2) is 211 Å². The molecule has 0 aliphatic heterocycles. The molecule has 0 saturated carbocycles. The van der Waals surface area contributed by atoms with Crippen molar-refractivity contribution in [3.63, 3.8) is 0 Å². The van der Waals surface area contributed by atoms with Crippen LogP contribution < -0.4 is 9.91 Å². The normalized spacial score (nSPS) is 11.3. The first-order valence-electron chi connectivity index (χ1n) is 20.1. The molecule has 8 aromatic rings. The van der Waals surface area contributed by atoms with Crippen LogP contribution in [0.25, 0.3) is 34.4 Å². The van der Waals surface area contributed by atoms with Crippen molar-refractivity contribution in [2.45, 2.75) is 26.7 Å². The van der Waals surface area contributed by atoms with Crippen molar-refractivity contribution in [2.24, 2.45) is 5.10 Å². The maximum absolute atomic E-state index is 4.86. The van der Waals surface area contributed by atoms with Gasteiger partial charge in [0.1, 0.15) is 0 Å². The van der Waals surface area contributed by atoms with Gasteiger partial charge in [0.2, 0.25) is 0 Å². The van der Waals surface area contributed by atoms with Gasteiger partial charge in [-0.1, -0.05) is 172 Å². The van der Waals surface area contributed by atoms with E-state index in [1.165, 1.54) is 33.4 Å². The lowest BCUT2D eigenvalue weighted by Crippen LogP contribution is -2.09. The van der Waals surface area contributed by atoms with Gasteiger partial charge in [-0.05, 0) is 124 Å². The zero-order valence-electron chi connectivity index (χ0n) is 33.1. The number of para-hydroxylation sites is 2. The van der Waals surface area contributed by atoms with E-state index in [0.717, 1.165) is 58.0 Å². The van der Waals surface area contributed by atoms with Crippen LogP contribution in [0.1, 0.15) is 41.7 Å². The van der Waals surface area contributed by atoms with E-state index < -0.39 is 0 Å². The minimum absolute atomic E-state index is 1.01. The van der Waals surface area contributed by atoms with Crippen molar-refractivity contribution in [1.82, 2.24) is 0 Å². The van der Waals surface area contributed by atoms with Gasteiger partial charge in [0.25, 0.3) is 0 Å². The summed E-state index contributed by atoms with van der Waals surface area (Å²) >= 11 is 0. The van der Waals surface area contributed by atoms with Gasteiger partial charge in [-0.3, -0.25) is 0 Å². The van der Waals surface area contributed by atoms with Crippen LogP contribution in [-0.4, -0.2) is 6.21 Å². The molecule has 0 fully saturated rings. The Morgan fingerprint density at radius 2 is 0.672 bits per heavy atom. The molecule has 58 heavy (non-hydrogen) atoms. The quantitative estimate of drug-likeness (QED) is 0.0664. The summed E-state index contributed by atoms with van der Waals surface area (Å²) < 4.78 is 0. The molecular weight excluding hydrogens is 703 g/mol. The number of aryl methyl sites for hydroxylation is 2. The third kappa shape index (κ3) is 9.07. The molecule has 0 amide bonds. The molecule has 282 valence electrons. The first-order chi connectivity index (χ1) is 28.6. The molecule has 0 spiro atoms. The second-order valence-corrected chi connectivity index (χ2v) is 14.3. The van der Waals surface area contributed by atoms with Crippen LogP contribution in [0.3, 0.4) is 0 Å². The van der Waals surface area contributed by atoms with Crippen LogP contribution in [0.4, 0.5) is 28.4 Å². The van der Waals surface area contributed by atoms with Crippen molar-refractivity contribution >= 4 is 46.8 Å². The van der Waals surface area contributed by atoms with Gasteiger partial charge >= 0.3 is 0 Å². The maximum atomic E-state index is 4.86. The average Bonchev–Trinajstić information content (AvgIpc) is 3.30. The molecule has 0 aromatic heterocycles. The standard InChI is InChI=1S/C55H47N3/c1-3-42-21-27-47(28-22-42)49-31-37-52(38-32-49)57(53-39-33-50(34-40-53)48-29-23-43(4-2)24-30-48)51-35-25-45(26-36-51)16-15-44-17-19-46(20-18-44)41-56-58(54-11-7-5-8-12-54)55-13-9-6-10-14-55/h5-41H,3-4H2,1-2H3/b16-15+,56-41+. The highest BCUT2D eigenvalue weighted by Gasteiger charge is 2.14. The van der Waals surface area contributed by atoms with Crippen molar-refractivity contribution in [2.75, 3.05) is 9.91 Å². The third-order valence-corrected chi connectivity index (χ3v) is 10.5. The van der Waals surface area contributed by atoms with E-state index >= 15 is 0 Å². The van der Waals surface area contributed by atoms with Gasteiger partial charge in [0, 0.05) is 17.1 Å². The van der Waals surface area contributed by atoms with Crippen molar-refractivity contribution in [1.29, 1.82) is 0 Å². The largest absolute Gasteiger partial charge is 0.311 e. The fourth-order valence-corrected chi connectivity index (χ4v) is 7.08. The Kier molecular flexibility index (Phi) is 11.8. The van der Waals surface area contributed by atoms with E-state index in [4.69, 9.17) is 5.10 Å². The van der Waals surface area contributed by atoms with Crippen molar-refractivity contribution in [3.8, 4) is 22.3 Å². The molecule has 0 atom stereocenters. The Hall–Kier alpha value is -7.23. The van der Waals surface area contributed by atoms with Gasteiger partial charge in [-0.2, -0.15) is 5.10 Å². The smallest absolute Gasteiger partial charge is 0.0652 e. The molecular formula is C55H47N3. The first-order valence-corrected chi connectivity index (χ1v) is 20.1. The number of anilines is 5. The van der Waals surface area contributed by atoms with Crippen LogP contribution >= 0.6 is 0 Å². The fraction of sp³-hybridized carbons (Fsp3) is 0.0727. The first kappa shape index (κ1) is 37.7. The van der Waals surface area contributed by atoms with E-state index in [1.807, 2.05) is 47.6 Å². The molecule has 0 aliphatic carbocycles. The molecule has 0 saturated heterocycles. The predicted molar refractivity (Wildman–Crippen MR) is 249 cm³/mol. The number of hydrazone groups is 1. The molecule has 3 nitrogen and oxygen atoms in total. The summed E-state index contributed by atoms with van der Waals surface area (Å²) in [5.74, 6) is 0. The molecule has 0 N–H and O–H groups in total. The highest BCUT2D eigenvalue weighted by Crippen LogP contribution is 2.37. The minimum Gasteiger partial charge on any atom is -0.311 e. The Morgan fingerprint density at radius 3 is 1.05 bits per heavy atom. The SMILES string of the molecule is CCc1ccc(-c2ccc(N(c3ccc(/C=C/c4ccc(/C=N/N(c5ccccc5)c5ccccc5)cc4)cc3)c3ccc(-c4ccc(CC)cc4)cc3)cc2)cc1. The van der Waals surface area contributed by atoms with Gasteiger partial charge in [-0.15, -0.1) is 0 Å². The van der Waals surface area contributed by atoms with Gasteiger partial charge in [0.05, 0.1) is 17.6 Å². The Labute approximate surface area is 343 Å². The number of rotatable bonds is 13. The minimum atomic E-state index is 1.01. The lowest BCUT2D eigenvalue weighted by Gasteiger charge is -2.26. The topological polar surface area (TPSA) is 18.8 Å². The Morgan fingerprint density at radius 1 is 0.345 bits per heavy atom. The zero-order chi connectivity index (χ0) is 39.5. The van der Waals surface area contributed by atoms with Gasteiger partial charge < -0.3 is 4.90 Å². The number of hydrogen-bond acceptors (Lipinski definition) is 3. The van der Waals surface area contributed by atoms with Crippen LogP contribution in [-0.2, 0) is 12.8 Å². The summed E-state index contributed by atoms with van der Waals surface area (Å²) in [6.07, 6.45) is 8.32. The van der Waals surface area contributed by atoms with Crippen molar-refractivity contribution < 1.29 is 0 Å². The molecule has 0 heterocycles. The fourth-order valence-electron chi connectivity index (χ4n) is 7.08. The summed E-state index contributed by atoms with van der Waals surface area (Å²) in [6, 6.07) is 73.3. The molecule has 3 heteroatoms. The highest BCUT2D eigenvalue weighted by atomic mass is 15.5. The lowest BCUT2D eigenvalue weighted by atomic mass is 10.0. The molecule has 0 radical (unpaired) electrons. The van der Waals surface area contributed by atoms with Gasteiger partial charge in [-0.25, -0.2) is 5.01 Å². The number of benzene rings is 8. The predicted octanol–water partition coefficient (Wildman–Crippen LogP) is 15.0. The van der Waals surface area contributed by atoms with E-state index in [1.54, 1.807) is 0 Å². The molecule has 8 rings (SSSR count). The zero-order valence-corrected chi connectivity index (χ0v) is 33.1. The number of nitrogens with zero attached hydrogens (tertiary/aromatic N) is 3. The summed E-state index contributed by atoms with van der Waals surface area (Å²) in [5.41, 5.74) is 16.2. The summed E-state index contributed by atoms with van der Waals surface area (Å²) in [4.78, 5) is 2.33. The Balaban J connectivity index is 1.01.